The van der Waals surface area contributed by atoms with Gasteiger partial charge in [-0.25, -0.2) is 4.98 Å². The second-order valence-electron chi connectivity index (χ2n) is 19.1. The van der Waals surface area contributed by atoms with Crippen LogP contribution in [0.5, 0.6) is 0 Å². The van der Waals surface area contributed by atoms with Crippen molar-refractivity contribution in [3.63, 3.8) is 0 Å². The molecule has 0 saturated carbocycles. The van der Waals surface area contributed by atoms with Crippen LogP contribution in [0, 0.1) is 0 Å². The van der Waals surface area contributed by atoms with Crippen LogP contribution >= 0.6 is 0 Å². The van der Waals surface area contributed by atoms with Crippen molar-refractivity contribution in [3.05, 3.63) is 18.2 Å². The van der Waals surface area contributed by atoms with Gasteiger partial charge in [0, 0.05) is 57.4 Å². The molecule has 382 valence electrons. The van der Waals surface area contributed by atoms with Crippen molar-refractivity contribution in [3.8, 4) is 0 Å². The van der Waals surface area contributed by atoms with Gasteiger partial charge in [0.25, 0.3) is 5.91 Å². The number of unbranched alkanes of at least 4 members (excludes halogenated alkanes) is 24. The van der Waals surface area contributed by atoms with E-state index in [9.17, 15) is 19.2 Å². The number of amides is 1. The van der Waals surface area contributed by atoms with Crippen molar-refractivity contribution >= 4 is 23.8 Å². The number of carbonyl (C=O) groups is 4. The fraction of sp³-hybridized carbons (Fsp3) is 0.870. The third-order valence-corrected chi connectivity index (χ3v) is 13.0. The molecule has 1 aliphatic heterocycles. The number of imidazole rings is 1. The molecule has 66 heavy (non-hydrogen) atoms. The van der Waals surface area contributed by atoms with Crippen molar-refractivity contribution in [2.75, 3.05) is 39.5 Å². The highest BCUT2D eigenvalue weighted by Crippen LogP contribution is 2.23. The number of nitrogens with one attached hydrogen (secondary N) is 2. The molecule has 0 bridgehead atoms. The average Bonchev–Trinajstić information content (AvgIpc) is 3.99. The summed E-state index contributed by atoms with van der Waals surface area (Å²) in [7, 11) is 0. The molecule has 2 heterocycles. The SMILES string of the molecule is CCCCCCCCCCCOC(=O)CCCCCN1CC(OC(=O)CCNC(=O)c2ncc[nH]2)CC1COCCCCCCCC(=O)OC(CCCCCCCC)CCCCCCCC. The summed E-state index contributed by atoms with van der Waals surface area (Å²) in [5.41, 5.74) is 0. The largest absolute Gasteiger partial charge is 0.466 e. The van der Waals surface area contributed by atoms with Crippen LogP contribution in [0.4, 0.5) is 0 Å². The first kappa shape index (κ1) is 59.1. The molecule has 1 amide bonds. The Morgan fingerprint density at radius 3 is 1.76 bits per heavy atom. The average molecular weight is 931 g/mol. The van der Waals surface area contributed by atoms with Crippen molar-refractivity contribution in [1.82, 2.24) is 20.2 Å². The van der Waals surface area contributed by atoms with Gasteiger partial charge in [0.05, 0.1) is 19.6 Å². The highest BCUT2D eigenvalue weighted by Gasteiger charge is 2.34. The van der Waals surface area contributed by atoms with Crippen LogP contribution in [0.3, 0.4) is 0 Å². The Labute approximate surface area is 402 Å². The van der Waals surface area contributed by atoms with Gasteiger partial charge in [0.1, 0.15) is 12.2 Å². The van der Waals surface area contributed by atoms with Crippen molar-refractivity contribution < 1.29 is 38.1 Å². The summed E-state index contributed by atoms with van der Waals surface area (Å²) in [4.78, 5) is 59.2. The second kappa shape index (κ2) is 42.1. The van der Waals surface area contributed by atoms with Gasteiger partial charge in [0.2, 0.25) is 0 Å². The molecule has 1 aromatic heterocycles. The summed E-state index contributed by atoms with van der Waals surface area (Å²) in [5.74, 6) is -0.606. The number of likely N-dealkylation sites (tertiary alicyclic amines) is 1. The van der Waals surface area contributed by atoms with Gasteiger partial charge in [-0.15, -0.1) is 0 Å². The molecule has 0 aromatic carbocycles. The fourth-order valence-corrected chi connectivity index (χ4v) is 8.93. The van der Waals surface area contributed by atoms with Crippen LogP contribution in [0.1, 0.15) is 256 Å². The van der Waals surface area contributed by atoms with Gasteiger partial charge in [-0.05, 0) is 64.3 Å². The predicted octanol–water partition coefficient (Wildman–Crippen LogP) is 12.9. The molecule has 12 nitrogen and oxygen atoms in total. The first-order chi connectivity index (χ1) is 32.4. The van der Waals surface area contributed by atoms with E-state index >= 15 is 0 Å². The normalized spacial score (nSPS) is 15.1. The van der Waals surface area contributed by atoms with Crippen LogP contribution in [-0.4, -0.2) is 96.4 Å². The Bertz CT molecular complexity index is 1300. The number of rotatable bonds is 46. The van der Waals surface area contributed by atoms with E-state index in [0.717, 1.165) is 96.4 Å². The molecular formula is C54H98N4O8. The maximum Gasteiger partial charge on any atom is 0.307 e. The van der Waals surface area contributed by atoms with E-state index in [1.807, 2.05) is 0 Å². The number of esters is 3. The molecule has 1 fully saturated rings. The third-order valence-electron chi connectivity index (χ3n) is 13.0. The summed E-state index contributed by atoms with van der Waals surface area (Å²) in [6.07, 6.45) is 40.6. The molecule has 2 atom stereocenters. The number of aromatic nitrogens is 2. The van der Waals surface area contributed by atoms with Gasteiger partial charge in [-0.1, -0.05) is 162 Å². The zero-order chi connectivity index (χ0) is 47.6. The highest BCUT2D eigenvalue weighted by atomic mass is 16.5. The zero-order valence-corrected chi connectivity index (χ0v) is 42.5. The number of aromatic amines is 1. The predicted molar refractivity (Wildman–Crippen MR) is 266 cm³/mol. The van der Waals surface area contributed by atoms with E-state index < -0.39 is 0 Å². The van der Waals surface area contributed by atoms with Gasteiger partial charge >= 0.3 is 17.9 Å². The zero-order valence-electron chi connectivity index (χ0n) is 42.5. The van der Waals surface area contributed by atoms with Crippen molar-refractivity contribution in [2.24, 2.45) is 0 Å². The number of hydrogen-bond donors (Lipinski definition) is 2. The summed E-state index contributed by atoms with van der Waals surface area (Å²) < 4.78 is 23.6. The molecule has 0 spiro atoms. The topological polar surface area (TPSA) is 149 Å². The molecule has 12 heteroatoms. The minimum absolute atomic E-state index is 0.0238. The van der Waals surface area contributed by atoms with E-state index in [1.54, 1.807) is 6.20 Å². The van der Waals surface area contributed by atoms with Crippen molar-refractivity contribution in [2.45, 2.75) is 264 Å². The Morgan fingerprint density at radius 2 is 1.17 bits per heavy atom. The monoisotopic (exact) mass is 931 g/mol. The standard InChI is InChI=1S/C54H98N4O8/c1-4-7-10-13-16-17-18-24-32-43-64-50(59)35-29-25-30-41-58-45-49(66-52(61)37-38-57-54(62)53-55-39-40-56-53)44-47(58)46-63-42-31-23-19-22-28-36-51(60)65-48(33-26-20-14-11-8-5-2)34-27-21-15-12-9-6-3/h39-40,47-49H,4-38,41-46H2,1-3H3,(H,55,56)(H,57,62). The lowest BCUT2D eigenvalue weighted by molar-refractivity contribution is -0.150. The van der Waals surface area contributed by atoms with E-state index in [4.69, 9.17) is 18.9 Å². The lowest BCUT2D eigenvalue weighted by Crippen LogP contribution is -2.34. The first-order valence-electron chi connectivity index (χ1n) is 27.5. The number of hydrogen-bond acceptors (Lipinski definition) is 10. The summed E-state index contributed by atoms with van der Waals surface area (Å²) >= 11 is 0. The lowest BCUT2D eigenvalue weighted by Gasteiger charge is -2.23. The van der Waals surface area contributed by atoms with Crippen molar-refractivity contribution in [1.29, 1.82) is 0 Å². The number of ether oxygens (including phenoxy) is 4. The van der Waals surface area contributed by atoms with Crippen LogP contribution in [0.25, 0.3) is 0 Å². The maximum absolute atomic E-state index is 12.8. The van der Waals surface area contributed by atoms with Crippen LogP contribution in [-0.2, 0) is 33.3 Å². The molecule has 0 radical (unpaired) electrons. The minimum atomic E-state index is -0.356. The van der Waals surface area contributed by atoms with Crippen LogP contribution in [0.2, 0.25) is 0 Å². The van der Waals surface area contributed by atoms with Gasteiger partial charge in [0.15, 0.2) is 5.82 Å². The lowest BCUT2D eigenvalue weighted by atomic mass is 10.0. The molecule has 1 saturated heterocycles. The Hall–Kier alpha value is -2.99. The quantitative estimate of drug-likeness (QED) is 0.0367. The van der Waals surface area contributed by atoms with Gasteiger partial charge in [-0.2, -0.15) is 0 Å². The fourth-order valence-electron chi connectivity index (χ4n) is 8.93. The maximum atomic E-state index is 12.8. The summed E-state index contributed by atoms with van der Waals surface area (Å²) in [5, 5.41) is 2.71. The molecule has 1 aromatic rings. The summed E-state index contributed by atoms with van der Waals surface area (Å²) in [6, 6.07) is 0.139. The Morgan fingerprint density at radius 1 is 0.636 bits per heavy atom. The van der Waals surface area contributed by atoms with Gasteiger partial charge in [-0.3, -0.25) is 24.1 Å². The Kier molecular flexibility index (Phi) is 37.8. The summed E-state index contributed by atoms with van der Waals surface area (Å²) in [6.45, 7) is 10.2. The highest BCUT2D eigenvalue weighted by molar-refractivity contribution is 5.90. The molecule has 0 aliphatic carbocycles. The van der Waals surface area contributed by atoms with Crippen LogP contribution in [0.15, 0.2) is 12.4 Å². The molecule has 2 unspecified atom stereocenters. The minimum Gasteiger partial charge on any atom is -0.466 e. The van der Waals surface area contributed by atoms with Gasteiger partial charge < -0.3 is 29.2 Å². The number of carbonyl (C=O) groups excluding carboxylic acids is 4. The molecule has 1 aliphatic rings. The van der Waals surface area contributed by atoms with E-state index in [1.165, 1.54) is 115 Å². The molecule has 2 N–H and O–H groups in total. The first-order valence-corrected chi connectivity index (χ1v) is 27.5. The Balaban J connectivity index is 1.67. The molecular weight excluding hydrogens is 833 g/mol. The number of nitrogens with zero attached hydrogens (tertiary/aromatic N) is 2. The second-order valence-corrected chi connectivity index (χ2v) is 19.1. The number of H-pyrrole nitrogens is 1. The van der Waals surface area contributed by atoms with E-state index in [-0.39, 0.29) is 60.9 Å². The van der Waals surface area contributed by atoms with E-state index in [2.05, 4.69) is 41.0 Å². The smallest absolute Gasteiger partial charge is 0.307 e. The van der Waals surface area contributed by atoms with Crippen LogP contribution < -0.4 is 5.32 Å². The molecule has 2 rings (SSSR count). The van der Waals surface area contributed by atoms with E-state index in [0.29, 0.717) is 45.6 Å². The third kappa shape index (κ3) is 32.7.